The van der Waals surface area contributed by atoms with Gasteiger partial charge in [-0.25, -0.2) is 0 Å². The number of hydrogen-bond acceptors (Lipinski definition) is 3. The maximum atomic E-state index is 11.5. The number of aliphatic hydroxyl groups is 1. The van der Waals surface area contributed by atoms with Gasteiger partial charge in [0.25, 0.3) is 0 Å². The molecule has 0 aliphatic heterocycles. The Balaban J connectivity index is 1.78. The Morgan fingerprint density at radius 1 is 1.63 bits per heavy atom. The highest BCUT2D eigenvalue weighted by Gasteiger charge is 2.36. The number of furan rings is 1. The Labute approximate surface area is 113 Å². The van der Waals surface area contributed by atoms with Crippen molar-refractivity contribution >= 4 is 12.0 Å². The Kier molecular flexibility index (Phi) is 4.43. The van der Waals surface area contributed by atoms with Crippen molar-refractivity contribution in [1.29, 1.82) is 0 Å². The van der Waals surface area contributed by atoms with Crippen molar-refractivity contribution in [2.24, 2.45) is 5.92 Å². The third-order valence-electron chi connectivity index (χ3n) is 3.38. The maximum Gasteiger partial charge on any atom is 0.244 e. The molecule has 2 N–H and O–H groups in total. The van der Waals surface area contributed by atoms with Crippen LogP contribution in [0.3, 0.4) is 0 Å². The van der Waals surface area contributed by atoms with Crippen LogP contribution >= 0.6 is 0 Å². The van der Waals surface area contributed by atoms with Crippen molar-refractivity contribution in [3.8, 4) is 0 Å². The molecule has 4 heteroatoms. The van der Waals surface area contributed by atoms with Crippen LogP contribution < -0.4 is 5.32 Å². The van der Waals surface area contributed by atoms with E-state index in [2.05, 4.69) is 12.2 Å². The summed E-state index contributed by atoms with van der Waals surface area (Å²) in [6.45, 7) is 4.38. The Morgan fingerprint density at radius 2 is 2.37 bits per heavy atom. The zero-order valence-electron chi connectivity index (χ0n) is 11.4. The fraction of sp³-hybridized carbons (Fsp3) is 0.533. The molecular formula is C15H21NO3. The van der Waals surface area contributed by atoms with Crippen LogP contribution in [0.2, 0.25) is 0 Å². The first-order valence-electron chi connectivity index (χ1n) is 6.80. The van der Waals surface area contributed by atoms with Gasteiger partial charge < -0.3 is 14.8 Å². The van der Waals surface area contributed by atoms with E-state index in [-0.39, 0.29) is 5.91 Å². The predicted octanol–water partition coefficient (Wildman–Crippen LogP) is 2.30. The normalized spacial score (nSPS) is 23.5. The molecule has 2 rings (SSSR count). The third kappa shape index (κ3) is 4.24. The molecule has 1 aliphatic rings. The van der Waals surface area contributed by atoms with E-state index >= 15 is 0 Å². The number of amides is 1. The van der Waals surface area contributed by atoms with Crippen molar-refractivity contribution in [3.05, 3.63) is 29.7 Å². The summed E-state index contributed by atoms with van der Waals surface area (Å²) in [4.78, 5) is 11.5. The molecule has 3 unspecified atom stereocenters. The third-order valence-corrected chi connectivity index (χ3v) is 3.38. The molecule has 104 valence electrons. The lowest BCUT2D eigenvalue weighted by molar-refractivity contribution is -0.116. The zero-order chi connectivity index (χ0) is 13.8. The number of aliphatic hydroxyl groups excluding tert-OH is 1. The van der Waals surface area contributed by atoms with Crippen LogP contribution in [0, 0.1) is 5.92 Å². The van der Waals surface area contributed by atoms with E-state index in [4.69, 9.17) is 9.52 Å². The van der Waals surface area contributed by atoms with E-state index in [1.165, 1.54) is 12.5 Å². The minimum atomic E-state index is -0.391. The molecule has 1 aromatic rings. The van der Waals surface area contributed by atoms with Gasteiger partial charge in [0, 0.05) is 18.5 Å². The molecule has 0 spiro atoms. The quantitative estimate of drug-likeness (QED) is 0.774. The van der Waals surface area contributed by atoms with Crippen LogP contribution in [-0.4, -0.2) is 23.7 Å². The summed E-state index contributed by atoms with van der Waals surface area (Å²) in [5, 5.41) is 11.8. The van der Waals surface area contributed by atoms with Crippen LogP contribution in [0.4, 0.5) is 0 Å². The molecule has 0 saturated heterocycles. The number of rotatable bonds is 6. The van der Waals surface area contributed by atoms with E-state index in [1.807, 2.05) is 12.1 Å². The fourth-order valence-corrected chi connectivity index (χ4v) is 2.00. The first-order chi connectivity index (χ1) is 9.06. The summed E-state index contributed by atoms with van der Waals surface area (Å²) >= 11 is 0. The zero-order valence-corrected chi connectivity index (χ0v) is 11.4. The van der Waals surface area contributed by atoms with E-state index in [0.29, 0.717) is 30.6 Å². The summed E-state index contributed by atoms with van der Waals surface area (Å²) in [6, 6.07) is 3.87. The van der Waals surface area contributed by atoms with Gasteiger partial charge in [-0.1, -0.05) is 6.92 Å². The molecule has 3 atom stereocenters. The second-order valence-electron chi connectivity index (χ2n) is 5.32. The average Bonchev–Trinajstić information content (AvgIpc) is 2.90. The van der Waals surface area contributed by atoms with Gasteiger partial charge in [0.05, 0.1) is 6.10 Å². The highest BCUT2D eigenvalue weighted by atomic mass is 16.3. The topological polar surface area (TPSA) is 62.5 Å². The maximum absolute atomic E-state index is 11.5. The number of nitrogens with one attached hydrogen (secondary N) is 1. The molecule has 4 nitrogen and oxygen atoms in total. The fourth-order valence-electron chi connectivity index (χ4n) is 2.00. The van der Waals surface area contributed by atoms with Crippen LogP contribution in [0.1, 0.15) is 44.1 Å². The monoisotopic (exact) mass is 263 g/mol. The summed E-state index contributed by atoms with van der Waals surface area (Å²) < 4.78 is 5.66. The van der Waals surface area contributed by atoms with Crippen LogP contribution in [0.5, 0.6) is 0 Å². The van der Waals surface area contributed by atoms with Crippen LogP contribution in [-0.2, 0) is 4.79 Å². The minimum absolute atomic E-state index is 0.168. The molecular weight excluding hydrogens is 242 g/mol. The largest absolute Gasteiger partial charge is 0.461 e. The van der Waals surface area contributed by atoms with Crippen molar-refractivity contribution in [3.63, 3.8) is 0 Å². The Morgan fingerprint density at radius 3 is 3.00 bits per heavy atom. The number of hydrogen-bond donors (Lipinski definition) is 2. The van der Waals surface area contributed by atoms with Gasteiger partial charge in [-0.2, -0.15) is 0 Å². The molecule has 1 heterocycles. The Bertz CT molecular complexity index is 462. The van der Waals surface area contributed by atoms with Gasteiger partial charge in [-0.3, -0.25) is 4.79 Å². The second kappa shape index (κ2) is 6.06. The SMILES string of the molecule is CC(O)CCNC(=O)C=Cc1ccc(C2CC2C)o1. The van der Waals surface area contributed by atoms with E-state index in [1.54, 1.807) is 13.0 Å². The summed E-state index contributed by atoms with van der Waals surface area (Å²) in [5.74, 6) is 2.83. The lowest BCUT2D eigenvalue weighted by Gasteiger charge is -2.03. The van der Waals surface area contributed by atoms with Gasteiger partial charge in [0.1, 0.15) is 11.5 Å². The van der Waals surface area contributed by atoms with Crippen LogP contribution in [0.15, 0.2) is 22.6 Å². The van der Waals surface area contributed by atoms with E-state index < -0.39 is 6.10 Å². The highest BCUT2D eigenvalue weighted by Crippen LogP contribution is 2.47. The standard InChI is InChI=1S/C15H21NO3/c1-10-9-13(10)14-5-3-12(19-14)4-6-15(18)16-8-7-11(2)17/h3-6,10-11,13,17H,7-9H2,1-2H3,(H,16,18). The van der Waals surface area contributed by atoms with Gasteiger partial charge in [0.15, 0.2) is 0 Å². The van der Waals surface area contributed by atoms with Crippen LogP contribution in [0.25, 0.3) is 6.08 Å². The summed E-state index contributed by atoms with van der Waals surface area (Å²) in [6.07, 6.45) is 4.49. The average molecular weight is 263 g/mol. The molecule has 19 heavy (non-hydrogen) atoms. The van der Waals surface area contributed by atoms with Crippen molar-refractivity contribution in [2.45, 2.75) is 38.7 Å². The molecule has 1 saturated carbocycles. The van der Waals surface area contributed by atoms with E-state index in [9.17, 15) is 4.79 Å². The van der Waals surface area contributed by atoms with Crippen molar-refractivity contribution in [2.75, 3.05) is 6.54 Å². The predicted molar refractivity (Wildman–Crippen MR) is 73.6 cm³/mol. The number of carbonyl (C=O) groups is 1. The van der Waals surface area contributed by atoms with Gasteiger partial charge in [0.2, 0.25) is 5.91 Å². The first-order valence-corrected chi connectivity index (χ1v) is 6.80. The first kappa shape index (κ1) is 13.9. The van der Waals surface area contributed by atoms with Crippen molar-refractivity contribution in [1.82, 2.24) is 5.32 Å². The second-order valence-corrected chi connectivity index (χ2v) is 5.32. The molecule has 1 aromatic heterocycles. The van der Waals surface area contributed by atoms with Gasteiger partial charge in [-0.05, 0) is 43.9 Å². The smallest absolute Gasteiger partial charge is 0.244 e. The molecule has 0 radical (unpaired) electrons. The molecule has 0 aromatic carbocycles. The highest BCUT2D eigenvalue weighted by molar-refractivity contribution is 5.91. The molecule has 1 amide bonds. The van der Waals surface area contributed by atoms with Gasteiger partial charge >= 0.3 is 0 Å². The van der Waals surface area contributed by atoms with Gasteiger partial charge in [-0.15, -0.1) is 0 Å². The lowest BCUT2D eigenvalue weighted by Crippen LogP contribution is -2.24. The minimum Gasteiger partial charge on any atom is -0.461 e. The number of carbonyl (C=O) groups excluding carboxylic acids is 1. The Hall–Kier alpha value is -1.55. The molecule has 1 aliphatic carbocycles. The summed E-state index contributed by atoms with van der Waals surface area (Å²) in [5.41, 5.74) is 0. The molecule has 0 bridgehead atoms. The lowest BCUT2D eigenvalue weighted by atomic mass is 10.3. The van der Waals surface area contributed by atoms with Crippen molar-refractivity contribution < 1.29 is 14.3 Å². The van der Waals surface area contributed by atoms with E-state index in [0.717, 1.165) is 5.76 Å². The summed E-state index contributed by atoms with van der Waals surface area (Å²) in [7, 11) is 0. The molecule has 1 fully saturated rings.